The normalized spacial score (nSPS) is 10.3. The van der Waals surface area contributed by atoms with Crippen LogP contribution in [0.3, 0.4) is 0 Å². The van der Waals surface area contributed by atoms with Crippen LogP contribution in [0.25, 0.3) is 0 Å². The first-order chi connectivity index (χ1) is 6.71. The molecule has 0 aromatic rings. The van der Waals surface area contributed by atoms with Gasteiger partial charge in [-0.3, -0.25) is 4.79 Å². The molecule has 3 heteroatoms. The first-order valence-electron chi connectivity index (χ1n) is 5.21. The number of hydrogen-bond acceptors (Lipinski definition) is 2. The molecule has 0 atom stereocenters. The summed E-state index contributed by atoms with van der Waals surface area (Å²) in [4.78, 5) is 13.5. The molecule has 0 saturated carbocycles. The molecule has 0 heterocycles. The second-order valence-electron chi connectivity index (χ2n) is 3.31. The highest BCUT2D eigenvalue weighted by atomic mass is 16.3. The molecule has 0 saturated heterocycles. The zero-order valence-corrected chi connectivity index (χ0v) is 9.20. The lowest BCUT2D eigenvalue weighted by Crippen LogP contribution is -2.37. The topological polar surface area (TPSA) is 40.5 Å². The second kappa shape index (κ2) is 7.56. The lowest BCUT2D eigenvalue weighted by molar-refractivity contribution is -0.135. The third kappa shape index (κ3) is 3.92. The summed E-state index contributed by atoms with van der Waals surface area (Å²) in [6.45, 7) is 8.56. The first kappa shape index (κ1) is 13.2. The van der Waals surface area contributed by atoms with Crippen molar-refractivity contribution in [2.75, 3.05) is 19.7 Å². The van der Waals surface area contributed by atoms with E-state index in [0.717, 1.165) is 12.8 Å². The fourth-order valence-corrected chi connectivity index (χ4v) is 1.46. The number of amides is 1. The number of rotatable bonds is 7. The van der Waals surface area contributed by atoms with Crippen LogP contribution in [-0.2, 0) is 4.79 Å². The highest BCUT2D eigenvalue weighted by molar-refractivity contribution is 5.78. The molecule has 82 valence electrons. The van der Waals surface area contributed by atoms with Gasteiger partial charge in [0.1, 0.15) is 0 Å². The standard InChI is InChI=1S/C11H21NO2/c1-4-7-12(8-9-13)11(14)10(5-2)6-3/h4,10,13H,1,5-9H2,2-3H3. The van der Waals surface area contributed by atoms with E-state index in [1.807, 2.05) is 13.8 Å². The van der Waals surface area contributed by atoms with Gasteiger partial charge in [-0.2, -0.15) is 0 Å². The Morgan fingerprint density at radius 1 is 1.50 bits per heavy atom. The summed E-state index contributed by atoms with van der Waals surface area (Å²) in [5.41, 5.74) is 0. The van der Waals surface area contributed by atoms with Crippen LogP contribution < -0.4 is 0 Å². The molecular formula is C11H21NO2. The zero-order chi connectivity index (χ0) is 11.0. The summed E-state index contributed by atoms with van der Waals surface area (Å²) in [6.07, 6.45) is 3.40. The summed E-state index contributed by atoms with van der Waals surface area (Å²) >= 11 is 0. The van der Waals surface area contributed by atoms with Gasteiger partial charge in [-0.1, -0.05) is 19.9 Å². The monoisotopic (exact) mass is 199 g/mol. The number of carbonyl (C=O) groups excluding carboxylic acids is 1. The Morgan fingerprint density at radius 2 is 2.07 bits per heavy atom. The molecule has 1 N–H and O–H groups in total. The molecule has 0 aromatic heterocycles. The Bertz CT molecular complexity index is 176. The van der Waals surface area contributed by atoms with Gasteiger partial charge in [0.15, 0.2) is 0 Å². The van der Waals surface area contributed by atoms with Gasteiger partial charge in [0.2, 0.25) is 5.91 Å². The van der Waals surface area contributed by atoms with E-state index in [1.165, 1.54) is 0 Å². The van der Waals surface area contributed by atoms with Crippen LogP contribution >= 0.6 is 0 Å². The van der Waals surface area contributed by atoms with E-state index in [2.05, 4.69) is 6.58 Å². The van der Waals surface area contributed by atoms with Crippen molar-refractivity contribution in [3.8, 4) is 0 Å². The van der Waals surface area contributed by atoms with E-state index in [-0.39, 0.29) is 18.4 Å². The second-order valence-corrected chi connectivity index (χ2v) is 3.31. The van der Waals surface area contributed by atoms with Crippen LogP contribution in [0.2, 0.25) is 0 Å². The number of nitrogens with zero attached hydrogens (tertiary/aromatic N) is 1. The molecule has 0 bridgehead atoms. The molecule has 1 amide bonds. The average Bonchev–Trinajstić information content (AvgIpc) is 2.19. The Kier molecular flexibility index (Phi) is 7.11. The van der Waals surface area contributed by atoms with E-state index >= 15 is 0 Å². The minimum Gasteiger partial charge on any atom is -0.395 e. The fraction of sp³-hybridized carbons (Fsp3) is 0.727. The molecular weight excluding hydrogens is 178 g/mol. The predicted molar refractivity (Wildman–Crippen MR) is 57.9 cm³/mol. The molecule has 0 rings (SSSR count). The van der Waals surface area contributed by atoms with Crippen molar-refractivity contribution in [1.82, 2.24) is 4.90 Å². The van der Waals surface area contributed by atoms with Crippen molar-refractivity contribution >= 4 is 5.91 Å². The predicted octanol–water partition coefficient (Wildman–Crippen LogP) is 1.43. The molecule has 0 aliphatic rings. The van der Waals surface area contributed by atoms with E-state index in [9.17, 15) is 4.79 Å². The quantitative estimate of drug-likeness (QED) is 0.630. The van der Waals surface area contributed by atoms with Crippen molar-refractivity contribution in [2.24, 2.45) is 5.92 Å². The highest BCUT2D eigenvalue weighted by Crippen LogP contribution is 2.11. The molecule has 0 spiro atoms. The van der Waals surface area contributed by atoms with Crippen LogP contribution in [0.15, 0.2) is 12.7 Å². The lowest BCUT2D eigenvalue weighted by Gasteiger charge is -2.24. The Labute approximate surface area is 86.4 Å². The molecule has 0 aliphatic carbocycles. The molecule has 0 aromatic carbocycles. The summed E-state index contributed by atoms with van der Waals surface area (Å²) in [5, 5.41) is 8.81. The number of aliphatic hydroxyl groups excluding tert-OH is 1. The fourth-order valence-electron chi connectivity index (χ4n) is 1.46. The van der Waals surface area contributed by atoms with Crippen molar-refractivity contribution in [3.05, 3.63) is 12.7 Å². The van der Waals surface area contributed by atoms with E-state index in [1.54, 1.807) is 11.0 Å². The van der Waals surface area contributed by atoms with Gasteiger partial charge in [0, 0.05) is 19.0 Å². The molecule has 0 unspecified atom stereocenters. The maximum Gasteiger partial charge on any atom is 0.226 e. The van der Waals surface area contributed by atoms with Crippen molar-refractivity contribution in [1.29, 1.82) is 0 Å². The summed E-state index contributed by atoms with van der Waals surface area (Å²) in [5.74, 6) is 0.213. The summed E-state index contributed by atoms with van der Waals surface area (Å²) in [7, 11) is 0. The summed E-state index contributed by atoms with van der Waals surface area (Å²) < 4.78 is 0. The van der Waals surface area contributed by atoms with Gasteiger partial charge in [-0.05, 0) is 12.8 Å². The summed E-state index contributed by atoms with van der Waals surface area (Å²) in [6, 6.07) is 0. The Hall–Kier alpha value is -0.830. The lowest BCUT2D eigenvalue weighted by atomic mass is 10.0. The van der Waals surface area contributed by atoms with Crippen LogP contribution in [-0.4, -0.2) is 35.6 Å². The van der Waals surface area contributed by atoms with Gasteiger partial charge in [0.25, 0.3) is 0 Å². The molecule has 0 fully saturated rings. The molecule has 0 radical (unpaired) electrons. The SMILES string of the molecule is C=CCN(CCO)C(=O)C(CC)CC. The van der Waals surface area contributed by atoms with Gasteiger partial charge in [-0.15, -0.1) is 6.58 Å². The Balaban J connectivity index is 4.31. The maximum atomic E-state index is 11.9. The van der Waals surface area contributed by atoms with Crippen LogP contribution in [0, 0.1) is 5.92 Å². The number of hydrogen-bond donors (Lipinski definition) is 1. The minimum absolute atomic E-state index is 0.0136. The van der Waals surface area contributed by atoms with Crippen LogP contribution in [0.1, 0.15) is 26.7 Å². The maximum absolute atomic E-state index is 11.9. The van der Waals surface area contributed by atoms with Crippen molar-refractivity contribution in [2.45, 2.75) is 26.7 Å². The van der Waals surface area contributed by atoms with Gasteiger partial charge in [-0.25, -0.2) is 0 Å². The van der Waals surface area contributed by atoms with Gasteiger partial charge in [0.05, 0.1) is 6.61 Å². The third-order valence-electron chi connectivity index (χ3n) is 2.37. The van der Waals surface area contributed by atoms with Crippen molar-refractivity contribution in [3.63, 3.8) is 0 Å². The molecule has 3 nitrogen and oxygen atoms in total. The molecule has 14 heavy (non-hydrogen) atoms. The van der Waals surface area contributed by atoms with E-state index in [0.29, 0.717) is 13.1 Å². The van der Waals surface area contributed by atoms with Crippen LogP contribution in [0.5, 0.6) is 0 Å². The average molecular weight is 199 g/mol. The zero-order valence-electron chi connectivity index (χ0n) is 9.20. The number of carbonyl (C=O) groups is 1. The molecule has 0 aliphatic heterocycles. The highest BCUT2D eigenvalue weighted by Gasteiger charge is 2.19. The minimum atomic E-state index is 0.0136. The smallest absolute Gasteiger partial charge is 0.226 e. The van der Waals surface area contributed by atoms with Gasteiger partial charge < -0.3 is 10.0 Å². The van der Waals surface area contributed by atoms with Crippen LogP contribution in [0.4, 0.5) is 0 Å². The van der Waals surface area contributed by atoms with Gasteiger partial charge >= 0.3 is 0 Å². The van der Waals surface area contributed by atoms with Crippen molar-refractivity contribution < 1.29 is 9.90 Å². The Morgan fingerprint density at radius 3 is 2.43 bits per heavy atom. The largest absolute Gasteiger partial charge is 0.395 e. The first-order valence-corrected chi connectivity index (χ1v) is 5.21. The van der Waals surface area contributed by atoms with E-state index < -0.39 is 0 Å². The number of aliphatic hydroxyl groups is 1. The third-order valence-corrected chi connectivity index (χ3v) is 2.37. The van der Waals surface area contributed by atoms with E-state index in [4.69, 9.17) is 5.11 Å².